The van der Waals surface area contributed by atoms with Crippen LogP contribution in [0, 0.1) is 6.92 Å². The Morgan fingerprint density at radius 2 is 2.24 bits per heavy atom. The molecule has 1 amide bonds. The lowest BCUT2D eigenvalue weighted by molar-refractivity contribution is 0.0870. The Balaban J connectivity index is 2.67. The maximum atomic E-state index is 11.8. The van der Waals surface area contributed by atoms with Crippen molar-refractivity contribution in [3.05, 3.63) is 33.7 Å². The van der Waals surface area contributed by atoms with Gasteiger partial charge >= 0.3 is 0 Å². The van der Waals surface area contributed by atoms with Gasteiger partial charge < -0.3 is 15.0 Å². The van der Waals surface area contributed by atoms with E-state index in [2.05, 4.69) is 10.3 Å². The molecule has 2 N–H and O–H groups in total. The smallest absolute Gasteiger partial charge is 0.260 e. The zero-order chi connectivity index (χ0) is 12.8. The summed E-state index contributed by atoms with van der Waals surface area (Å²) in [5.74, 6) is -0.376. The summed E-state index contributed by atoms with van der Waals surface area (Å²) in [7, 11) is 0. The summed E-state index contributed by atoms with van der Waals surface area (Å²) in [5.41, 5.74) is 0.485. The van der Waals surface area contributed by atoms with Crippen LogP contribution in [0.3, 0.4) is 0 Å². The van der Waals surface area contributed by atoms with Crippen molar-refractivity contribution in [2.75, 3.05) is 13.2 Å². The van der Waals surface area contributed by atoms with Gasteiger partial charge in [0.1, 0.15) is 5.56 Å². The molecule has 1 atom stereocenters. The molecule has 0 saturated heterocycles. The van der Waals surface area contributed by atoms with E-state index in [-0.39, 0.29) is 23.1 Å². The Kier molecular flexibility index (Phi) is 4.90. The quantitative estimate of drug-likeness (QED) is 0.798. The highest BCUT2D eigenvalue weighted by Crippen LogP contribution is 1.95. The number of rotatable bonds is 5. The molecule has 0 unspecified atom stereocenters. The molecule has 0 aliphatic heterocycles. The molecule has 94 valence electrons. The van der Waals surface area contributed by atoms with Crippen LogP contribution in [0.1, 0.15) is 29.9 Å². The van der Waals surface area contributed by atoms with Crippen LogP contribution in [0.4, 0.5) is 0 Å². The van der Waals surface area contributed by atoms with E-state index in [0.717, 1.165) is 5.69 Å². The topological polar surface area (TPSA) is 71.2 Å². The summed E-state index contributed by atoms with van der Waals surface area (Å²) in [6, 6.07) is 3.10. The minimum Gasteiger partial charge on any atom is -0.380 e. The lowest BCUT2D eigenvalue weighted by Crippen LogP contribution is -2.38. The van der Waals surface area contributed by atoms with Crippen LogP contribution in [-0.4, -0.2) is 30.1 Å². The molecule has 0 aliphatic rings. The molecule has 1 rings (SSSR count). The minimum atomic E-state index is -0.376. The molecule has 0 radical (unpaired) electrons. The highest BCUT2D eigenvalue weighted by atomic mass is 16.5. The number of aromatic amines is 1. The van der Waals surface area contributed by atoms with Crippen LogP contribution in [0.5, 0.6) is 0 Å². The maximum Gasteiger partial charge on any atom is 0.260 e. The van der Waals surface area contributed by atoms with Crippen LogP contribution in [0.2, 0.25) is 0 Å². The van der Waals surface area contributed by atoms with Gasteiger partial charge in [0.15, 0.2) is 0 Å². The number of ether oxygens (including phenoxy) is 1. The number of hydrogen-bond donors (Lipinski definition) is 2. The van der Waals surface area contributed by atoms with Crippen molar-refractivity contribution >= 4 is 5.91 Å². The molecule has 17 heavy (non-hydrogen) atoms. The van der Waals surface area contributed by atoms with Crippen molar-refractivity contribution in [3.8, 4) is 0 Å². The third-order valence-corrected chi connectivity index (χ3v) is 2.25. The molecule has 0 saturated carbocycles. The fourth-order valence-corrected chi connectivity index (χ4v) is 1.39. The Morgan fingerprint density at radius 3 is 2.82 bits per heavy atom. The number of nitrogens with one attached hydrogen (secondary N) is 2. The third-order valence-electron chi connectivity index (χ3n) is 2.25. The Bertz CT molecular complexity index is 440. The highest BCUT2D eigenvalue weighted by molar-refractivity contribution is 5.93. The standard InChI is InChI=1S/C12H18N2O3/c1-4-17-7-9(3)14-12(16)10-6-5-8(2)13-11(10)15/h5-6,9H,4,7H2,1-3H3,(H,13,15)(H,14,16)/t9-/m0/s1. The van der Waals surface area contributed by atoms with E-state index >= 15 is 0 Å². The van der Waals surface area contributed by atoms with Crippen LogP contribution < -0.4 is 10.9 Å². The molecular weight excluding hydrogens is 220 g/mol. The van der Waals surface area contributed by atoms with Crippen molar-refractivity contribution in [1.29, 1.82) is 0 Å². The second-order valence-electron chi connectivity index (χ2n) is 3.92. The van der Waals surface area contributed by atoms with E-state index in [1.165, 1.54) is 6.07 Å². The lowest BCUT2D eigenvalue weighted by Gasteiger charge is -2.13. The van der Waals surface area contributed by atoms with Gasteiger partial charge in [-0.05, 0) is 32.9 Å². The van der Waals surface area contributed by atoms with Gasteiger partial charge in [0.05, 0.1) is 6.61 Å². The molecule has 0 fully saturated rings. The van der Waals surface area contributed by atoms with E-state index in [1.807, 2.05) is 13.8 Å². The number of amides is 1. The van der Waals surface area contributed by atoms with Gasteiger partial charge in [-0.25, -0.2) is 0 Å². The second-order valence-corrected chi connectivity index (χ2v) is 3.92. The predicted molar refractivity (Wildman–Crippen MR) is 65.2 cm³/mol. The summed E-state index contributed by atoms with van der Waals surface area (Å²) in [4.78, 5) is 25.9. The fourth-order valence-electron chi connectivity index (χ4n) is 1.39. The number of carbonyl (C=O) groups excluding carboxylic acids is 1. The first-order valence-electron chi connectivity index (χ1n) is 5.63. The van der Waals surface area contributed by atoms with E-state index < -0.39 is 0 Å². The van der Waals surface area contributed by atoms with Gasteiger partial charge in [-0.15, -0.1) is 0 Å². The minimum absolute atomic E-state index is 0.122. The normalized spacial score (nSPS) is 12.2. The van der Waals surface area contributed by atoms with Crippen LogP contribution in [-0.2, 0) is 4.74 Å². The molecule has 0 bridgehead atoms. The predicted octanol–water partition coefficient (Wildman–Crippen LogP) is 0.838. The van der Waals surface area contributed by atoms with Gasteiger partial charge in [-0.3, -0.25) is 9.59 Å². The number of pyridine rings is 1. The first-order chi connectivity index (χ1) is 8.04. The SMILES string of the molecule is CCOC[C@H](C)NC(=O)c1ccc(C)[nH]c1=O. The van der Waals surface area contributed by atoms with E-state index in [1.54, 1.807) is 13.0 Å². The Hall–Kier alpha value is -1.62. The summed E-state index contributed by atoms with van der Waals surface area (Å²) in [5, 5.41) is 2.71. The summed E-state index contributed by atoms with van der Waals surface area (Å²) < 4.78 is 5.18. The van der Waals surface area contributed by atoms with Gasteiger partial charge in [-0.2, -0.15) is 0 Å². The van der Waals surface area contributed by atoms with Crippen LogP contribution in [0.25, 0.3) is 0 Å². The molecular formula is C12H18N2O3. The van der Waals surface area contributed by atoms with Gasteiger partial charge in [-0.1, -0.05) is 0 Å². The first-order valence-corrected chi connectivity index (χ1v) is 5.63. The molecule has 1 heterocycles. The monoisotopic (exact) mass is 238 g/mol. The Morgan fingerprint density at radius 1 is 1.53 bits per heavy atom. The zero-order valence-electron chi connectivity index (χ0n) is 10.4. The van der Waals surface area contributed by atoms with Crippen molar-refractivity contribution in [2.24, 2.45) is 0 Å². The molecule has 0 aromatic carbocycles. The van der Waals surface area contributed by atoms with E-state index in [4.69, 9.17) is 4.74 Å². The van der Waals surface area contributed by atoms with Gasteiger partial charge in [0, 0.05) is 18.3 Å². The summed E-state index contributed by atoms with van der Waals surface area (Å²) in [6.45, 7) is 6.52. The zero-order valence-corrected chi connectivity index (χ0v) is 10.4. The highest BCUT2D eigenvalue weighted by Gasteiger charge is 2.12. The number of aryl methyl sites for hydroxylation is 1. The summed E-state index contributed by atoms with van der Waals surface area (Å²) >= 11 is 0. The van der Waals surface area contributed by atoms with Crippen molar-refractivity contribution in [1.82, 2.24) is 10.3 Å². The van der Waals surface area contributed by atoms with Crippen LogP contribution in [0.15, 0.2) is 16.9 Å². The fraction of sp³-hybridized carbons (Fsp3) is 0.500. The molecule has 1 aromatic heterocycles. The molecule has 1 aromatic rings. The van der Waals surface area contributed by atoms with Gasteiger partial charge in [0.25, 0.3) is 11.5 Å². The number of aromatic nitrogens is 1. The number of H-pyrrole nitrogens is 1. The largest absolute Gasteiger partial charge is 0.380 e. The first kappa shape index (κ1) is 13.4. The number of hydrogen-bond acceptors (Lipinski definition) is 3. The maximum absolute atomic E-state index is 11.8. The van der Waals surface area contributed by atoms with Crippen molar-refractivity contribution in [3.63, 3.8) is 0 Å². The molecule has 5 nitrogen and oxygen atoms in total. The lowest BCUT2D eigenvalue weighted by atomic mass is 10.2. The van der Waals surface area contributed by atoms with Gasteiger partial charge in [0.2, 0.25) is 0 Å². The number of carbonyl (C=O) groups is 1. The second kappa shape index (κ2) is 6.20. The molecule has 0 spiro atoms. The Labute approximate surface area is 100 Å². The average molecular weight is 238 g/mol. The van der Waals surface area contributed by atoms with E-state index in [9.17, 15) is 9.59 Å². The third kappa shape index (κ3) is 4.03. The molecule has 0 aliphatic carbocycles. The average Bonchev–Trinajstić information content (AvgIpc) is 2.26. The molecule has 5 heteroatoms. The van der Waals surface area contributed by atoms with Crippen molar-refractivity contribution < 1.29 is 9.53 Å². The van der Waals surface area contributed by atoms with E-state index in [0.29, 0.717) is 13.2 Å². The van der Waals surface area contributed by atoms with Crippen molar-refractivity contribution in [2.45, 2.75) is 26.8 Å². The summed E-state index contributed by atoms with van der Waals surface area (Å²) in [6.07, 6.45) is 0. The van der Waals surface area contributed by atoms with Crippen LogP contribution >= 0.6 is 0 Å².